The van der Waals surface area contributed by atoms with Crippen LogP contribution in [0.4, 0.5) is 10.1 Å². The van der Waals surface area contributed by atoms with Crippen molar-refractivity contribution in [3.63, 3.8) is 0 Å². The fraction of sp³-hybridized carbons (Fsp3) is 0.500. The fourth-order valence-corrected chi connectivity index (χ4v) is 2.60. The molecule has 3 heteroatoms. The summed E-state index contributed by atoms with van der Waals surface area (Å²) in [7, 11) is 4.22. The summed E-state index contributed by atoms with van der Waals surface area (Å²) in [6, 6.07) is 8.07. The van der Waals surface area contributed by atoms with Crippen LogP contribution in [0.2, 0.25) is 0 Å². The predicted octanol–water partition coefficient (Wildman–Crippen LogP) is 3.32. The number of hydrogen-bond acceptors (Lipinski definition) is 1. The summed E-state index contributed by atoms with van der Waals surface area (Å²) in [6.07, 6.45) is 1.89. The fourth-order valence-electron chi connectivity index (χ4n) is 2.14. The van der Waals surface area contributed by atoms with Crippen LogP contribution in [0.5, 0.6) is 0 Å². The number of rotatable bonds is 3. The van der Waals surface area contributed by atoms with Crippen molar-refractivity contribution in [2.75, 3.05) is 12.4 Å². The Hall–Kier alpha value is -0.620. The zero-order valence-electron chi connectivity index (χ0n) is 9.18. The van der Waals surface area contributed by atoms with E-state index in [1.54, 1.807) is 6.92 Å². The molecule has 0 radical (unpaired) electrons. The second-order valence-corrected chi connectivity index (χ2v) is 5.57. The number of benzene rings is 1. The Morgan fingerprint density at radius 3 is 2.20 bits per heavy atom. The maximum atomic E-state index is 14.0. The molecule has 1 aromatic rings. The first-order valence-corrected chi connectivity index (χ1v) is 5.83. The highest BCUT2D eigenvalue weighted by Gasteiger charge is 2.56. The van der Waals surface area contributed by atoms with E-state index >= 15 is 0 Å². The number of halogens is 1. The summed E-state index contributed by atoms with van der Waals surface area (Å²) >= 11 is 0. The summed E-state index contributed by atoms with van der Waals surface area (Å²) in [5.41, 5.74) is 1.92. The summed E-state index contributed by atoms with van der Waals surface area (Å²) in [5, 5.41) is 1.87. The molecule has 0 bridgehead atoms. The molecule has 1 nitrogen and oxygen atoms in total. The molecule has 0 amide bonds. The van der Waals surface area contributed by atoms with E-state index in [-0.39, 0.29) is 5.41 Å². The topological polar surface area (TPSA) is 12.0 Å². The van der Waals surface area contributed by atoms with Crippen LogP contribution in [0.1, 0.15) is 25.3 Å². The molecule has 1 aliphatic rings. The summed E-state index contributed by atoms with van der Waals surface area (Å²) in [6.45, 7) is 1.65. The summed E-state index contributed by atoms with van der Waals surface area (Å²) < 4.78 is 14.0. The van der Waals surface area contributed by atoms with Crippen LogP contribution in [0.3, 0.4) is 0 Å². The lowest BCUT2D eigenvalue weighted by Gasteiger charge is -2.27. The van der Waals surface area contributed by atoms with E-state index < -0.39 is 5.41 Å². The molecule has 15 heavy (non-hydrogen) atoms. The number of anilines is 1. The molecule has 1 aliphatic carbocycles. The Balaban J connectivity index is 2.30. The highest BCUT2D eigenvalue weighted by Crippen LogP contribution is 2.59. The van der Waals surface area contributed by atoms with Gasteiger partial charge in [-0.25, -0.2) is 4.39 Å². The van der Waals surface area contributed by atoms with Crippen LogP contribution in [0, 0.1) is 0 Å². The normalized spacial score (nSPS) is 21.9. The average Bonchev–Trinajstić information content (AvgIpc) is 2.98. The van der Waals surface area contributed by atoms with Crippen LogP contribution in [-0.2, 0) is 5.41 Å². The van der Waals surface area contributed by atoms with E-state index in [0.717, 1.165) is 24.1 Å². The van der Waals surface area contributed by atoms with Crippen molar-refractivity contribution in [2.24, 2.45) is 0 Å². The van der Waals surface area contributed by atoms with Crippen LogP contribution in [0.25, 0.3) is 0 Å². The largest absolute Gasteiger partial charge is 0.388 e. The number of hydrogen-bond donors (Lipinski definition) is 1. The molecule has 1 aromatic carbocycles. The molecule has 0 saturated heterocycles. The Morgan fingerprint density at radius 1 is 1.33 bits per heavy atom. The van der Waals surface area contributed by atoms with E-state index in [2.05, 4.69) is 14.6 Å². The van der Waals surface area contributed by atoms with Crippen molar-refractivity contribution in [3.8, 4) is 0 Å². The van der Waals surface area contributed by atoms with E-state index in [1.165, 1.54) is 0 Å². The second kappa shape index (κ2) is 3.45. The van der Waals surface area contributed by atoms with Gasteiger partial charge in [-0.2, -0.15) is 0 Å². The van der Waals surface area contributed by atoms with Gasteiger partial charge in [0.25, 0.3) is 0 Å². The first-order chi connectivity index (χ1) is 6.99. The van der Waals surface area contributed by atoms with Gasteiger partial charge < -0.3 is 5.32 Å². The first kappa shape index (κ1) is 10.9. The van der Waals surface area contributed by atoms with E-state index in [4.69, 9.17) is 0 Å². The third kappa shape index (κ3) is 1.76. The molecule has 82 valence electrons. The highest BCUT2D eigenvalue weighted by molar-refractivity contribution is 7.18. The highest BCUT2D eigenvalue weighted by atomic mass is 31.0. The number of alkyl halides is 1. The van der Waals surface area contributed by atoms with Crippen LogP contribution < -0.4 is 5.32 Å². The lowest BCUT2D eigenvalue weighted by atomic mass is 9.91. The monoisotopic (exact) mass is 225 g/mol. The SMILES string of the molecule is CNc1ccc(C2(C(C)(F)P)CC2)cc1. The van der Waals surface area contributed by atoms with Crippen molar-refractivity contribution < 1.29 is 4.39 Å². The van der Waals surface area contributed by atoms with Crippen LogP contribution in [-0.4, -0.2) is 12.5 Å². The molecular weight excluding hydrogens is 208 g/mol. The molecule has 2 atom stereocenters. The standard InChI is InChI=1S/C12H17FNP/c1-11(13,15)12(7-8-12)9-3-5-10(14-2)6-4-9/h3-6,14H,7-8,15H2,1-2H3. The van der Waals surface area contributed by atoms with Crippen molar-refractivity contribution in [1.29, 1.82) is 0 Å². The molecule has 0 aromatic heterocycles. The second-order valence-electron chi connectivity index (χ2n) is 4.49. The molecule has 1 fully saturated rings. The lowest BCUT2D eigenvalue weighted by molar-refractivity contribution is 0.246. The number of nitrogens with one attached hydrogen (secondary N) is 1. The van der Waals surface area contributed by atoms with Crippen molar-refractivity contribution in [2.45, 2.75) is 30.6 Å². The van der Waals surface area contributed by atoms with E-state index in [9.17, 15) is 4.39 Å². The zero-order valence-corrected chi connectivity index (χ0v) is 10.3. The molecule has 0 heterocycles. The third-order valence-electron chi connectivity index (χ3n) is 3.41. The van der Waals surface area contributed by atoms with Gasteiger partial charge in [-0.15, -0.1) is 0 Å². The minimum Gasteiger partial charge on any atom is -0.388 e. The van der Waals surface area contributed by atoms with Gasteiger partial charge in [-0.1, -0.05) is 21.4 Å². The molecule has 0 aliphatic heterocycles. The van der Waals surface area contributed by atoms with Crippen molar-refractivity contribution >= 4 is 14.9 Å². The van der Waals surface area contributed by atoms with Crippen LogP contribution >= 0.6 is 9.24 Å². The van der Waals surface area contributed by atoms with Gasteiger partial charge >= 0.3 is 0 Å². The average molecular weight is 225 g/mol. The van der Waals surface area contributed by atoms with Gasteiger partial charge in [0, 0.05) is 18.2 Å². The molecule has 1 saturated carbocycles. The third-order valence-corrected chi connectivity index (χ3v) is 3.96. The Bertz CT molecular complexity index is 349. The molecule has 0 spiro atoms. The van der Waals surface area contributed by atoms with Gasteiger partial charge in [0.05, 0.1) is 0 Å². The minimum atomic E-state index is -1.20. The zero-order chi connectivity index (χ0) is 11.1. The Kier molecular flexibility index (Phi) is 2.50. The van der Waals surface area contributed by atoms with Gasteiger partial charge in [0.15, 0.2) is 0 Å². The maximum absolute atomic E-state index is 14.0. The quantitative estimate of drug-likeness (QED) is 0.778. The maximum Gasteiger partial charge on any atom is 0.130 e. The Morgan fingerprint density at radius 2 is 1.87 bits per heavy atom. The molecule has 2 unspecified atom stereocenters. The first-order valence-electron chi connectivity index (χ1n) is 5.26. The Labute approximate surface area is 92.7 Å². The minimum absolute atomic E-state index is 0.260. The van der Waals surface area contributed by atoms with Crippen molar-refractivity contribution in [3.05, 3.63) is 29.8 Å². The van der Waals surface area contributed by atoms with Crippen molar-refractivity contribution in [1.82, 2.24) is 0 Å². The molecule has 1 N–H and O–H groups in total. The van der Waals surface area contributed by atoms with E-state index in [1.807, 2.05) is 31.3 Å². The molecular formula is C12H17FNP. The summed E-state index contributed by atoms with van der Waals surface area (Å²) in [4.78, 5) is 0. The van der Waals surface area contributed by atoms with E-state index in [0.29, 0.717) is 0 Å². The van der Waals surface area contributed by atoms with Crippen LogP contribution in [0.15, 0.2) is 24.3 Å². The van der Waals surface area contributed by atoms with Gasteiger partial charge in [0.2, 0.25) is 0 Å². The summed E-state index contributed by atoms with van der Waals surface area (Å²) in [5.74, 6) is 0. The van der Waals surface area contributed by atoms with Gasteiger partial charge in [-0.3, -0.25) is 0 Å². The smallest absolute Gasteiger partial charge is 0.130 e. The molecule has 2 rings (SSSR count). The van der Waals surface area contributed by atoms with Gasteiger partial charge in [0.1, 0.15) is 5.41 Å². The predicted molar refractivity (Wildman–Crippen MR) is 66.1 cm³/mol. The van der Waals surface area contributed by atoms with Gasteiger partial charge in [-0.05, 0) is 37.5 Å². The lowest BCUT2D eigenvalue weighted by Crippen LogP contribution is -2.28.